The predicted molar refractivity (Wildman–Crippen MR) is 95.2 cm³/mol. The average Bonchev–Trinajstić information content (AvgIpc) is 3.06. The Bertz CT molecular complexity index is 806. The van der Waals surface area contributed by atoms with E-state index in [4.69, 9.17) is 4.74 Å². The van der Waals surface area contributed by atoms with Crippen molar-refractivity contribution in [1.82, 2.24) is 14.8 Å². The number of carbonyl (C=O) groups is 2. The molecule has 2 aromatic rings. The summed E-state index contributed by atoms with van der Waals surface area (Å²) >= 11 is 0. The number of likely N-dealkylation sites (N-methyl/N-ethyl adjacent to an activating group) is 1. The number of amides is 2. The number of fused-ring (bicyclic) bond motifs is 1. The maximum Gasteiger partial charge on any atom is 0.245 e. The van der Waals surface area contributed by atoms with Crippen LogP contribution in [-0.4, -0.2) is 53.3 Å². The van der Waals surface area contributed by atoms with Gasteiger partial charge in [0, 0.05) is 38.1 Å². The highest BCUT2D eigenvalue weighted by Gasteiger charge is 2.31. The summed E-state index contributed by atoms with van der Waals surface area (Å²) in [5.74, 6) is 0.723. The molecule has 132 valence electrons. The second-order valence-corrected chi connectivity index (χ2v) is 6.39. The molecule has 0 aliphatic carbocycles. The summed E-state index contributed by atoms with van der Waals surface area (Å²) in [6.45, 7) is 2.92. The molecule has 2 heterocycles. The van der Waals surface area contributed by atoms with E-state index in [-0.39, 0.29) is 11.8 Å². The lowest BCUT2D eigenvalue weighted by Crippen LogP contribution is -2.46. The van der Waals surface area contributed by atoms with Gasteiger partial charge in [-0.15, -0.1) is 0 Å². The molecule has 1 aliphatic rings. The van der Waals surface area contributed by atoms with Gasteiger partial charge in [-0.05, 0) is 31.0 Å². The van der Waals surface area contributed by atoms with Crippen LogP contribution in [0.2, 0.25) is 0 Å². The van der Waals surface area contributed by atoms with Crippen LogP contribution in [0.1, 0.15) is 25.3 Å². The molecular formula is C19H23N3O3. The molecule has 25 heavy (non-hydrogen) atoms. The second-order valence-electron chi connectivity index (χ2n) is 6.39. The number of pyridine rings is 1. The monoisotopic (exact) mass is 341 g/mol. The van der Waals surface area contributed by atoms with Gasteiger partial charge >= 0.3 is 0 Å². The number of nitrogens with zero attached hydrogens (tertiary/aromatic N) is 3. The van der Waals surface area contributed by atoms with E-state index < -0.39 is 6.04 Å². The van der Waals surface area contributed by atoms with Gasteiger partial charge in [0.25, 0.3) is 0 Å². The summed E-state index contributed by atoms with van der Waals surface area (Å²) in [6, 6.07) is 7.25. The maximum absolute atomic E-state index is 12.7. The number of aromatic nitrogens is 1. The molecule has 0 bridgehead atoms. The Morgan fingerprint density at radius 2 is 2.20 bits per heavy atom. The Balaban J connectivity index is 1.81. The second kappa shape index (κ2) is 7.09. The molecular weight excluding hydrogens is 318 g/mol. The standard InChI is InChI=1S/C19H23N3O3/c1-13(22-11-5-7-17(22)23)19(24)21(2)12-14-8-9-16(25-3)18-15(14)6-4-10-20-18/h4,6,8-10,13H,5,7,11-12H2,1-3H3/t13-/m1/s1. The van der Waals surface area contributed by atoms with Crippen molar-refractivity contribution in [2.24, 2.45) is 0 Å². The Morgan fingerprint density at radius 3 is 2.88 bits per heavy atom. The third-order valence-electron chi connectivity index (χ3n) is 4.76. The van der Waals surface area contributed by atoms with Crippen LogP contribution < -0.4 is 4.74 Å². The third-order valence-corrected chi connectivity index (χ3v) is 4.76. The number of hydrogen-bond acceptors (Lipinski definition) is 4. The van der Waals surface area contributed by atoms with Gasteiger partial charge in [-0.25, -0.2) is 0 Å². The van der Waals surface area contributed by atoms with E-state index >= 15 is 0 Å². The molecule has 6 heteroatoms. The lowest BCUT2D eigenvalue weighted by molar-refractivity contribution is -0.142. The first-order valence-corrected chi connectivity index (χ1v) is 8.48. The SMILES string of the molecule is COc1ccc(CN(C)C(=O)[C@@H](C)N2CCCC2=O)c2cccnc12. The van der Waals surface area contributed by atoms with E-state index in [2.05, 4.69) is 4.98 Å². The van der Waals surface area contributed by atoms with Crippen molar-refractivity contribution in [3.8, 4) is 5.75 Å². The first-order valence-electron chi connectivity index (χ1n) is 8.48. The van der Waals surface area contributed by atoms with Crippen molar-refractivity contribution in [3.05, 3.63) is 36.0 Å². The molecule has 1 saturated heterocycles. The molecule has 1 atom stereocenters. The summed E-state index contributed by atoms with van der Waals surface area (Å²) in [6.07, 6.45) is 3.09. The highest BCUT2D eigenvalue weighted by atomic mass is 16.5. The van der Waals surface area contributed by atoms with Gasteiger partial charge in [-0.2, -0.15) is 0 Å². The van der Waals surface area contributed by atoms with E-state index in [1.54, 1.807) is 37.1 Å². The predicted octanol–water partition coefficient (Wildman–Crippen LogP) is 2.21. The van der Waals surface area contributed by atoms with Gasteiger partial charge in [0.1, 0.15) is 17.3 Å². The fourth-order valence-electron chi connectivity index (χ4n) is 3.37. The molecule has 6 nitrogen and oxygen atoms in total. The van der Waals surface area contributed by atoms with Crippen LogP contribution >= 0.6 is 0 Å². The van der Waals surface area contributed by atoms with Gasteiger partial charge in [-0.1, -0.05) is 12.1 Å². The number of likely N-dealkylation sites (tertiary alicyclic amines) is 1. The van der Waals surface area contributed by atoms with Crippen LogP contribution in [0.3, 0.4) is 0 Å². The van der Waals surface area contributed by atoms with E-state index in [0.717, 1.165) is 22.9 Å². The molecule has 1 fully saturated rings. The van der Waals surface area contributed by atoms with E-state index in [0.29, 0.717) is 25.3 Å². The zero-order valence-corrected chi connectivity index (χ0v) is 14.9. The van der Waals surface area contributed by atoms with Crippen molar-refractivity contribution in [3.63, 3.8) is 0 Å². The first-order chi connectivity index (χ1) is 12.0. The molecule has 0 N–H and O–H groups in total. The van der Waals surface area contributed by atoms with Crippen molar-refractivity contribution >= 4 is 22.7 Å². The average molecular weight is 341 g/mol. The van der Waals surface area contributed by atoms with Crippen LogP contribution in [0, 0.1) is 0 Å². The normalized spacial score (nSPS) is 15.5. The van der Waals surface area contributed by atoms with Crippen molar-refractivity contribution in [2.75, 3.05) is 20.7 Å². The lowest BCUT2D eigenvalue weighted by Gasteiger charge is -2.28. The summed E-state index contributed by atoms with van der Waals surface area (Å²) in [5.41, 5.74) is 1.78. The molecule has 1 aromatic carbocycles. The van der Waals surface area contributed by atoms with Gasteiger partial charge in [-0.3, -0.25) is 14.6 Å². The highest BCUT2D eigenvalue weighted by molar-refractivity contribution is 5.90. The van der Waals surface area contributed by atoms with Crippen molar-refractivity contribution in [1.29, 1.82) is 0 Å². The van der Waals surface area contributed by atoms with Gasteiger partial charge in [0.05, 0.1) is 7.11 Å². The Kier molecular flexibility index (Phi) is 4.88. The lowest BCUT2D eigenvalue weighted by atomic mass is 10.1. The van der Waals surface area contributed by atoms with Crippen LogP contribution in [0.4, 0.5) is 0 Å². The summed E-state index contributed by atoms with van der Waals surface area (Å²) in [5, 5.41) is 0.964. The highest BCUT2D eigenvalue weighted by Crippen LogP contribution is 2.27. The maximum atomic E-state index is 12.7. The molecule has 2 amide bonds. The van der Waals surface area contributed by atoms with Crippen LogP contribution in [-0.2, 0) is 16.1 Å². The van der Waals surface area contributed by atoms with Crippen LogP contribution in [0.15, 0.2) is 30.5 Å². The quantitative estimate of drug-likeness (QED) is 0.836. The minimum Gasteiger partial charge on any atom is -0.494 e. The summed E-state index contributed by atoms with van der Waals surface area (Å²) < 4.78 is 5.37. The fraction of sp³-hybridized carbons (Fsp3) is 0.421. The van der Waals surface area contributed by atoms with Crippen molar-refractivity contribution in [2.45, 2.75) is 32.4 Å². The number of hydrogen-bond donors (Lipinski definition) is 0. The number of ether oxygens (including phenoxy) is 1. The zero-order valence-electron chi connectivity index (χ0n) is 14.9. The van der Waals surface area contributed by atoms with Crippen LogP contribution in [0.25, 0.3) is 10.9 Å². The molecule has 0 unspecified atom stereocenters. The van der Waals surface area contributed by atoms with Crippen molar-refractivity contribution < 1.29 is 14.3 Å². The Labute approximate surface area is 147 Å². The van der Waals surface area contributed by atoms with Gasteiger partial charge < -0.3 is 14.5 Å². The molecule has 0 radical (unpaired) electrons. The van der Waals surface area contributed by atoms with Gasteiger partial charge in [0.2, 0.25) is 11.8 Å². The number of carbonyl (C=O) groups excluding carboxylic acids is 2. The molecule has 1 aromatic heterocycles. The van der Waals surface area contributed by atoms with Crippen LogP contribution in [0.5, 0.6) is 5.75 Å². The number of methoxy groups -OCH3 is 1. The molecule has 1 aliphatic heterocycles. The Hall–Kier alpha value is -2.63. The number of benzene rings is 1. The van der Waals surface area contributed by atoms with E-state index in [1.807, 2.05) is 24.3 Å². The minimum absolute atomic E-state index is 0.0527. The zero-order chi connectivity index (χ0) is 18.0. The summed E-state index contributed by atoms with van der Waals surface area (Å²) in [4.78, 5) is 32.3. The van der Waals surface area contributed by atoms with E-state index in [1.165, 1.54) is 0 Å². The van der Waals surface area contributed by atoms with Gasteiger partial charge in [0.15, 0.2) is 0 Å². The fourth-order valence-corrected chi connectivity index (χ4v) is 3.37. The largest absolute Gasteiger partial charge is 0.494 e. The molecule has 0 saturated carbocycles. The van der Waals surface area contributed by atoms with E-state index in [9.17, 15) is 9.59 Å². The Morgan fingerprint density at radius 1 is 1.40 bits per heavy atom. The minimum atomic E-state index is -0.428. The molecule has 0 spiro atoms. The first kappa shape index (κ1) is 17.2. The smallest absolute Gasteiger partial charge is 0.245 e. The summed E-state index contributed by atoms with van der Waals surface area (Å²) in [7, 11) is 3.39. The topological polar surface area (TPSA) is 62.7 Å². The molecule has 3 rings (SSSR count). The number of rotatable bonds is 5. The third kappa shape index (κ3) is 3.29.